The Morgan fingerprint density at radius 3 is 2.38 bits per heavy atom. The van der Waals surface area contributed by atoms with Crippen molar-refractivity contribution in [3.8, 4) is 5.75 Å². The van der Waals surface area contributed by atoms with Crippen molar-refractivity contribution in [3.63, 3.8) is 0 Å². The molecule has 0 aromatic heterocycles. The quantitative estimate of drug-likeness (QED) is 0.386. The summed E-state index contributed by atoms with van der Waals surface area (Å²) in [6.45, 7) is 2.04. The second kappa shape index (κ2) is 9.71. The first kappa shape index (κ1) is 24.5. The van der Waals surface area contributed by atoms with Gasteiger partial charge >= 0.3 is 11.9 Å². The molecule has 1 heterocycles. The van der Waals surface area contributed by atoms with Gasteiger partial charge in [0.15, 0.2) is 5.78 Å². The zero-order valence-electron chi connectivity index (χ0n) is 20.0. The average Bonchev–Trinajstić information content (AvgIpc) is 3.18. The summed E-state index contributed by atoms with van der Waals surface area (Å²) < 4.78 is 11.7. The molecule has 0 spiro atoms. The molecule has 1 aliphatic carbocycles. The lowest BCUT2D eigenvalue weighted by molar-refractivity contribution is -0.136. The van der Waals surface area contributed by atoms with E-state index in [9.17, 15) is 14.4 Å². The van der Waals surface area contributed by atoms with Crippen LogP contribution in [0.3, 0.4) is 0 Å². The Balaban J connectivity index is 1.49. The van der Waals surface area contributed by atoms with Crippen LogP contribution in [0.5, 0.6) is 5.75 Å². The molecule has 0 radical (unpaired) electrons. The molecule has 2 aliphatic rings. The van der Waals surface area contributed by atoms with Crippen molar-refractivity contribution in [1.29, 1.82) is 0 Å². The lowest BCUT2D eigenvalue weighted by Gasteiger charge is -2.29. The van der Waals surface area contributed by atoms with Gasteiger partial charge in [0, 0.05) is 28.3 Å². The van der Waals surface area contributed by atoms with Crippen LogP contribution in [0.4, 0.5) is 0 Å². The van der Waals surface area contributed by atoms with E-state index in [2.05, 4.69) is 21.2 Å². The predicted molar refractivity (Wildman–Crippen MR) is 140 cm³/mol. The summed E-state index contributed by atoms with van der Waals surface area (Å²) in [5, 5.41) is 12.3. The topological polar surface area (TPSA) is 102 Å². The second-order valence-electron chi connectivity index (χ2n) is 8.73. The number of ether oxygens (including phenoxy) is 2. The number of Topliss-reactive ketones (excluding diaryl/α,β-unsaturated/α-hetero) is 1. The molecule has 0 saturated carbocycles. The molecule has 0 fully saturated rings. The Bertz CT molecular complexity index is 1520. The number of rotatable bonds is 6. The van der Waals surface area contributed by atoms with Crippen molar-refractivity contribution in [1.82, 2.24) is 5.32 Å². The molecule has 186 valence electrons. The number of hydrogen-bond donors (Lipinski definition) is 2. The van der Waals surface area contributed by atoms with Crippen LogP contribution in [0, 0.1) is 0 Å². The average molecular weight is 560 g/mol. The fourth-order valence-electron chi connectivity index (χ4n) is 4.76. The summed E-state index contributed by atoms with van der Waals surface area (Å²) >= 11 is 3.57. The van der Waals surface area contributed by atoms with Gasteiger partial charge in [0.05, 0.1) is 28.4 Å². The number of halogens is 1. The number of benzene rings is 3. The summed E-state index contributed by atoms with van der Waals surface area (Å²) in [6.07, 6.45) is 0. The molecule has 8 heteroatoms. The van der Waals surface area contributed by atoms with Gasteiger partial charge in [-0.15, -0.1) is 0 Å². The molecule has 0 saturated heterocycles. The summed E-state index contributed by atoms with van der Waals surface area (Å²) in [5.74, 6) is -1.68. The van der Waals surface area contributed by atoms with Crippen LogP contribution in [0.2, 0.25) is 0 Å². The van der Waals surface area contributed by atoms with Crippen LogP contribution in [-0.4, -0.2) is 29.9 Å². The van der Waals surface area contributed by atoms with Crippen molar-refractivity contribution in [2.24, 2.45) is 0 Å². The van der Waals surface area contributed by atoms with E-state index in [4.69, 9.17) is 14.6 Å². The molecule has 7 nitrogen and oxygen atoms in total. The number of nitrogens with one attached hydrogen (secondary N) is 1. The van der Waals surface area contributed by atoms with Crippen LogP contribution in [-0.2, 0) is 16.1 Å². The van der Waals surface area contributed by atoms with Gasteiger partial charge in [-0.05, 0) is 58.2 Å². The van der Waals surface area contributed by atoms with Gasteiger partial charge in [0.1, 0.15) is 12.4 Å². The first-order chi connectivity index (χ1) is 17.8. The van der Waals surface area contributed by atoms with Crippen LogP contribution in [0.15, 0.2) is 88.0 Å². The largest absolute Gasteiger partial charge is 0.488 e. The SMILES string of the molecule is COC(=O)C1=C(C)NC2=C(C(=O)c3ccccc32)[C@H]1c1ccc(OCc2ccc(C(=O)O)cc2)c(Br)c1. The fourth-order valence-corrected chi connectivity index (χ4v) is 5.27. The minimum atomic E-state index is -0.985. The van der Waals surface area contributed by atoms with Crippen LogP contribution >= 0.6 is 15.9 Å². The molecule has 3 aromatic carbocycles. The fraction of sp³-hybridized carbons (Fsp3) is 0.138. The molecule has 2 N–H and O–H groups in total. The predicted octanol–water partition coefficient (Wildman–Crippen LogP) is 5.47. The molecule has 37 heavy (non-hydrogen) atoms. The van der Waals surface area contributed by atoms with E-state index in [-0.39, 0.29) is 18.0 Å². The zero-order valence-corrected chi connectivity index (χ0v) is 21.6. The zero-order chi connectivity index (χ0) is 26.3. The lowest BCUT2D eigenvalue weighted by Crippen LogP contribution is -2.29. The number of dihydropyridines is 1. The van der Waals surface area contributed by atoms with E-state index >= 15 is 0 Å². The number of aromatic carboxylic acids is 1. The first-order valence-corrected chi connectivity index (χ1v) is 12.3. The maximum atomic E-state index is 13.5. The number of carbonyl (C=O) groups is 3. The Morgan fingerprint density at radius 2 is 1.73 bits per heavy atom. The number of esters is 1. The summed E-state index contributed by atoms with van der Waals surface area (Å²) in [7, 11) is 1.32. The molecule has 3 aromatic rings. The third-order valence-corrected chi connectivity index (χ3v) is 7.16. The molecule has 0 amide bonds. The van der Waals surface area contributed by atoms with Crippen molar-refractivity contribution in [2.45, 2.75) is 19.4 Å². The monoisotopic (exact) mass is 559 g/mol. The van der Waals surface area contributed by atoms with E-state index in [1.54, 1.807) is 31.2 Å². The Kier molecular flexibility index (Phi) is 6.43. The molecule has 0 unspecified atom stereocenters. The maximum absolute atomic E-state index is 13.5. The molecule has 1 aliphatic heterocycles. The first-order valence-electron chi connectivity index (χ1n) is 11.5. The van der Waals surface area contributed by atoms with Crippen molar-refractivity contribution in [3.05, 3.63) is 116 Å². The molecule has 0 bridgehead atoms. The number of carboxylic acid groups (broad SMARTS) is 1. The number of ketones is 1. The maximum Gasteiger partial charge on any atom is 0.336 e. The standard InChI is InChI=1S/C29H22BrNO6/c1-15-23(29(35)36-2)24(25-26(31-15)19-5-3-4-6-20(19)27(25)32)18-11-12-22(21(30)13-18)37-14-16-7-9-17(10-8-16)28(33)34/h3-13,24,31H,14H2,1-2H3,(H,33,34)/t24-/m0/s1. The van der Waals surface area contributed by atoms with E-state index in [0.717, 1.165) is 16.7 Å². The lowest BCUT2D eigenvalue weighted by atomic mass is 9.80. The van der Waals surface area contributed by atoms with Crippen LogP contribution in [0.25, 0.3) is 5.70 Å². The van der Waals surface area contributed by atoms with Gasteiger partial charge < -0.3 is 19.9 Å². The third kappa shape index (κ3) is 4.34. The van der Waals surface area contributed by atoms with Gasteiger partial charge in [-0.1, -0.05) is 42.5 Å². The van der Waals surface area contributed by atoms with E-state index in [1.165, 1.54) is 19.2 Å². The van der Waals surface area contributed by atoms with E-state index < -0.39 is 17.9 Å². The molecule has 1 atom stereocenters. The third-order valence-electron chi connectivity index (χ3n) is 6.54. The Hall–Kier alpha value is -4.17. The highest BCUT2D eigenvalue weighted by atomic mass is 79.9. The van der Waals surface area contributed by atoms with Crippen molar-refractivity contribution >= 4 is 39.3 Å². The van der Waals surface area contributed by atoms with Gasteiger partial charge in [-0.3, -0.25) is 4.79 Å². The van der Waals surface area contributed by atoms with Gasteiger partial charge in [-0.2, -0.15) is 0 Å². The van der Waals surface area contributed by atoms with Gasteiger partial charge in [0.2, 0.25) is 0 Å². The van der Waals surface area contributed by atoms with Crippen LogP contribution < -0.4 is 10.1 Å². The van der Waals surface area contributed by atoms with Gasteiger partial charge in [0.25, 0.3) is 0 Å². The number of carbonyl (C=O) groups excluding carboxylic acids is 2. The number of fused-ring (bicyclic) bond motifs is 2. The van der Waals surface area contributed by atoms with E-state index in [1.807, 2.05) is 30.3 Å². The number of methoxy groups -OCH3 is 1. The highest BCUT2D eigenvalue weighted by Gasteiger charge is 2.42. The summed E-state index contributed by atoms with van der Waals surface area (Å²) in [4.78, 5) is 37.4. The Labute approximate surface area is 221 Å². The second-order valence-corrected chi connectivity index (χ2v) is 9.59. The number of allylic oxidation sites excluding steroid dienone is 2. The van der Waals surface area contributed by atoms with Crippen LogP contribution in [0.1, 0.15) is 50.2 Å². The summed E-state index contributed by atoms with van der Waals surface area (Å²) in [6, 6.07) is 19.3. The molecule has 5 rings (SSSR count). The normalized spacial score (nSPS) is 16.2. The minimum Gasteiger partial charge on any atom is -0.488 e. The molecular formula is C29H22BrNO6. The van der Waals surface area contributed by atoms with E-state index in [0.29, 0.717) is 38.3 Å². The molecular weight excluding hydrogens is 538 g/mol. The highest BCUT2D eigenvalue weighted by Crippen LogP contribution is 2.47. The van der Waals surface area contributed by atoms with Crippen molar-refractivity contribution < 1.29 is 29.0 Å². The Morgan fingerprint density at radius 1 is 1.03 bits per heavy atom. The number of hydrogen-bond acceptors (Lipinski definition) is 6. The summed E-state index contributed by atoms with van der Waals surface area (Å²) in [5.41, 5.74) is 5.37. The van der Waals surface area contributed by atoms with Gasteiger partial charge in [-0.25, -0.2) is 9.59 Å². The smallest absolute Gasteiger partial charge is 0.336 e. The highest BCUT2D eigenvalue weighted by molar-refractivity contribution is 9.10. The minimum absolute atomic E-state index is 0.127. The number of carboxylic acids is 1. The van der Waals surface area contributed by atoms with Crippen molar-refractivity contribution in [2.75, 3.05) is 7.11 Å².